The summed E-state index contributed by atoms with van der Waals surface area (Å²) >= 11 is 0. The number of carbonyl (C=O) groups is 1. The second kappa shape index (κ2) is 7.66. The first-order valence-electron chi connectivity index (χ1n) is 9.32. The third-order valence-corrected chi connectivity index (χ3v) is 4.95. The summed E-state index contributed by atoms with van der Waals surface area (Å²) in [4.78, 5) is 16.7. The first kappa shape index (κ1) is 17.3. The lowest BCUT2D eigenvalue weighted by molar-refractivity contribution is 0.0772. The topological polar surface area (TPSA) is 49.6 Å². The third-order valence-electron chi connectivity index (χ3n) is 4.95. The van der Waals surface area contributed by atoms with Gasteiger partial charge in [0.2, 0.25) is 0 Å². The van der Waals surface area contributed by atoms with Crippen LogP contribution >= 0.6 is 0 Å². The van der Waals surface area contributed by atoms with Gasteiger partial charge in [-0.15, -0.1) is 0 Å². The van der Waals surface area contributed by atoms with Crippen LogP contribution in [0, 0.1) is 0 Å². The molecule has 1 amide bonds. The Hall–Kier alpha value is -3.08. The first-order valence-corrected chi connectivity index (χ1v) is 9.32. The van der Waals surface area contributed by atoms with Gasteiger partial charge in [-0.25, -0.2) is 0 Å². The second-order valence-electron chi connectivity index (χ2n) is 6.95. The van der Waals surface area contributed by atoms with Crippen LogP contribution in [0.25, 0.3) is 11.3 Å². The molecule has 3 aromatic rings. The number of hydrogen-bond acceptors (Lipinski definition) is 4. The molecule has 1 aliphatic rings. The molecular weight excluding hydrogens is 338 g/mol. The second-order valence-corrected chi connectivity index (χ2v) is 6.95. The van der Waals surface area contributed by atoms with Gasteiger partial charge in [0.1, 0.15) is 5.69 Å². The van der Waals surface area contributed by atoms with E-state index in [1.807, 2.05) is 60.7 Å². The van der Waals surface area contributed by atoms with Crippen LogP contribution in [0.2, 0.25) is 0 Å². The average Bonchev–Trinajstić information content (AvgIpc) is 3.40. The van der Waals surface area contributed by atoms with E-state index in [2.05, 4.69) is 10.1 Å². The van der Waals surface area contributed by atoms with Crippen molar-refractivity contribution in [2.75, 3.05) is 25.0 Å². The lowest BCUT2D eigenvalue weighted by Gasteiger charge is -2.19. The Balaban J connectivity index is 1.41. The number of rotatable bonds is 5. The molecule has 5 nitrogen and oxygen atoms in total. The highest BCUT2D eigenvalue weighted by Gasteiger charge is 2.17. The van der Waals surface area contributed by atoms with Crippen molar-refractivity contribution in [3.8, 4) is 11.3 Å². The molecule has 0 bridgehead atoms. The highest BCUT2D eigenvalue weighted by atomic mass is 16.5. The Kier molecular flexibility index (Phi) is 4.92. The highest BCUT2D eigenvalue weighted by molar-refractivity contribution is 5.94. The van der Waals surface area contributed by atoms with Gasteiger partial charge in [0, 0.05) is 43.0 Å². The largest absolute Gasteiger partial charge is 0.372 e. The fourth-order valence-electron chi connectivity index (χ4n) is 3.45. The Morgan fingerprint density at radius 1 is 1.07 bits per heavy atom. The fourth-order valence-corrected chi connectivity index (χ4v) is 3.45. The summed E-state index contributed by atoms with van der Waals surface area (Å²) in [5, 5.41) is 4.11. The zero-order chi connectivity index (χ0) is 18.6. The summed E-state index contributed by atoms with van der Waals surface area (Å²) in [5.74, 6) is 0.638. The van der Waals surface area contributed by atoms with Crippen LogP contribution in [-0.2, 0) is 6.54 Å². The summed E-state index contributed by atoms with van der Waals surface area (Å²) in [6.45, 7) is 2.58. The maximum absolute atomic E-state index is 12.7. The molecule has 4 rings (SSSR count). The lowest BCUT2D eigenvalue weighted by atomic mass is 10.1. The number of carbonyl (C=O) groups excluding carboxylic acids is 1. The molecule has 1 aliphatic heterocycles. The minimum Gasteiger partial charge on any atom is -0.372 e. The van der Waals surface area contributed by atoms with Gasteiger partial charge in [0.15, 0.2) is 5.76 Å². The molecule has 2 heterocycles. The quantitative estimate of drug-likeness (QED) is 0.683. The third kappa shape index (κ3) is 3.87. The van der Waals surface area contributed by atoms with E-state index in [-0.39, 0.29) is 5.91 Å². The molecule has 0 N–H and O–H groups in total. The molecule has 0 saturated carbocycles. The number of benzene rings is 2. The summed E-state index contributed by atoms with van der Waals surface area (Å²) in [7, 11) is 1.78. The van der Waals surface area contributed by atoms with E-state index in [1.165, 1.54) is 18.5 Å². The molecular formula is C22H23N3O2. The molecule has 0 atom stereocenters. The number of anilines is 1. The van der Waals surface area contributed by atoms with Crippen molar-refractivity contribution >= 4 is 11.6 Å². The first-order chi connectivity index (χ1) is 13.2. The van der Waals surface area contributed by atoms with Gasteiger partial charge < -0.3 is 14.3 Å². The normalized spacial score (nSPS) is 13.7. The molecule has 27 heavy (non-hydrogen) atoms. The monoisotopic (exact) mass is 361 g/mol. The van der Waals surface area contributed by atoms with Crippen LogP contribution in [0.3, 0.4) is 0 Å². The van der Waals surface area contributed by atoms with E-state index >= 15 is 0 Å². The summed E-state index contributed by atoms with van der Waals surface area (Å²) in [5.41, 5.74) is 3.65. The van der Waals surface area contributed by atoms with Gasteiger partial charge in [0.25, 0.3) is 5.91 Å². The Bertz CT molecular complexity index is 897. The maximum atomic E-state index is 12.7. The van der Waals surface area contributed by atoms with Crippen molar-refractivity contribution in [3.63, 3.8) is 0 Å². The van der Waals surface area contributed by atoms with Gasteiger partial charge >= 0.3 is 0 Å². The molecule has 0 unspecified atom stereocenters. The van der Waals surface area contributed by atoms with E-state index in [0.29, 0.717) is 17.9 Å². The predicted octanol–water partition coefficient (Wildman–Crippen LogP) is 4.21. The van der Waals surface area contributed by atoms with E-state index in [4.69, 9.17) is 4.52 Å². The number of nitrogens with zero attached hydrogens (tertiary/aromatic N) is 3. The Morgan fingerprint density at radius 2 is 1.78 bits per heavy atom. The lowest BCUT2D eigenvalue weighted by Crippen LogP contribution is -2.26. The van der Waals surface area contributed by atoms with Crippen LogP contribution in [-0.4, -0.2) is 36.1 Å². The predicted molar refractivity (Wildman–Crippen MR) is 106 cm³/mol. The Labute approximate surface area is 159 Å². The molecule has 5 heteroatoms. The van der Waals surface area contributed by atoms with E-state index in [0.717, 1.165) is 24.3 Å². The molecule has 1 fully saturated rings. The molecule has 2 aromatic carbocycles. The van der Waals surface area contributed by atoms with Crippen LogP contribution in [0.5, 0.6) is 0 Å². The van der Waals surface area contributed by atoms with Crippen molar-refractivity contribution in [3.05, 3.63) is 72.0 Å². The van der Waals surface area contributed by atoms with Crippen LogP contribution in [0.15, 0.2) is 65.2 Å². The van der Waals surface area contributed by atoms with Crippen LogP contribution < -0.4 is 4.90 Å². The smallest absolute Gasteiger partial charge is 0.254 e. The van der Waals surface area contributed by atoms with Crippen LogP contribution in [0.1, 0.15) is 29.0 Å². The van der Waals surface area contributed by atoms with Gasteiger partial charge in [-0.05, 0) is 37.1 Å². The fraction of sp³-hybridized carbons (Fsp3) is 0.273. The van der Waals surface area contributed by atoms with Gasteiger partial charge in [-0.1, -0.05) is 35.5 Å². The Morgan fingerprint density at radius 3 is 2.48 bits per heavy atom. The maximum Gasteiger partial charge on any atom is 0.254 e. The minimum atomic E-state index is -0.0272. The van der Waals surface area contributed by atoms with Crippen molar-refractivity contribution in [1.82, 2.24) is 10.1 Å². The van der Waals surface area contributed by atoms with Crippen LogP contribution in [0.4, 0.5) is 5.69 Å². The van der Waals surface area contributed by atoms with E-state index < -0.39 is 0 Å². The highest BCUT2D eigenvalue weighted by Crippen LogP contribution is 2.22. The SMILES string of the molecule is CN(Cc1cc(-c2ccccc2)no1)C(=O)c1ccc(N2CCCC2)cc1. The van der Waals surface area contributed by atoms with Gasteiger partial charge in [0.05, 0.1) is 6.54 Å². The molecule has 0 aliphatic carbocycles. The van der Waals surface area contributed by atoms with Gasteiger partial charge in [-0.3, -0.25) is 4.79 Å². The number of amides is 1. The number of aromatic nitrogens is 1. The zero-order valence-corrected chi connectivity index (χ0v) is 15.5. The minimum absolute atomic E-state index is 0.0272. The zero-order valence-electron chi connectivity index (χ0n) is 15.5. The van der Waals surface area contributed by atoms with E-state index in [9.17, 15) is 4.79 Å². The summed E-state index contributed by atoms with van der Waals surface area (Å²) in [6.07, 6.45) is 2.48. The van der Waals surface area contributed by atoms with Crippen molar-refractivity contribution in [2.45, 2.75) is 19.4 Å². The van der Waals surface area contributed by atoms with E-state index in [1.54, 1.807) is 11.9 Å². The average molecular weight is 361 g/mol. The standard InChI is InChI=1S/C22H23N3O2/c1-24(16-20-15-21(23-27-20)17-7-3-2-4-8-17)22(26)18-9-11-19(12-10-18)25-13-5-6-14-25/h2-4,7-12,15H,5-6,13-14,16H2,1H3. The summed E-state index contributed by atoms with van der Waals surface area (Å²) in [6, 6.07) is 19.6. The number of hydrogen-bond donors (Lipinski definition) is 0. The molecule has 1 aromatic heterocycles. The van der Waals surface area contributed by atoms with Crippen molar-refractivity contribution < 1.29 is 9.32 Å². The molecule has 138 valence electrons. The molecule has 0 radical (unpaired) electrons. The molecule has 0 spiro atoms. The van der Waals surface area contributed by atoms with Crippen molar-refractivity contribution in [1.29, 1.82) is 0 Å². The molecule has 1 saturated heterocycles. The summed E-state index contributed by atoms with van der Waals surface area (Å²) < 4.78 is 5.41. The van der Waals surface area contributed by atoms with Crippen molar-refractivity contribution in [2.24, 2.45) is 0 Å². The van der Waals surface area contributed by atoms with Gasteiger partial charge in [-0.2, -0.15) is 0 Å².